The minimum Gasteiger partial charge on any atom is -0.495 e. The van der Waals surface area contributed by atoms with Crippen LogP contribution in [0.1, 0.15) is 6.92 Å². The van der Waals surface area contributed by atoms with Gasteiger partial charge in [-0.3, -0.25) is 4.79 Å². The lowest BCUT2D eigenvalue weighted by Crippen LogP contribution is -2.14. The summed E-state index contributed by atoms with van der Waals surface area (Å²) in [5, 5.41) is 11.6. The number of thioether (sulfide) groups is 1. The topological polar surface area (TPSA) is 94.8 Å². The molecule has 2 heterocycles. The van der Waals surface area contributed by atoms with Crippen molar-refractivity contribution in [3.05, 3.63) is 30.6 Å². The molecular formula is C15H16N6O2S. The Balaban J connectivity index is 1.69. The highest BCUT2D eigenvalue weighted by atomic mass is 32.2. The van der Waals surface area contributed by atoms with Crippen molar-refractivity contribution in [2.45, 2.75) is 18.5 Å². The normalized spacial score (nSPS) is 10.8. The van der Waals surface area contributed by atoms with Crippen LogP contribution < -0.4 is 10.1 Å². The van der Waals surface area contributed by atoms with Crippen molar-refractivity contribution < 1.29 is 9.53 Å². The van der Waals surface area contributed by atoms with E-state index in [4.69, 9.17) is 4.74 Å². The zero-order valence-electron chi connectivity index (χ0n) is 13.3. The highest BCUT2D eigenvalue weighted by Crippen LogP contribution is 2.25. The van der Waals surface area contributed by atoms with Crippen LogP contribution in [0.5, 0.6) is 5.75 Å². The Labute approximate surface area is 142 Å². The Morgan fingerprint density at radius 2 is 2.17 bits per heavy atom. The molecule has 0 saturated heterocycles. The molecule has 0 radical (unpaired) electrons. The number of aromatic nitrogens is 5. The largest absolute Gasteiger partial charge is 0.495 e. The minimum absolute atomic E-state index is 0.154. The van der Waals surface area contributed by atoms with Gasteiger partial charge >= 0.3 is 0 Å². The summed E-state index contributed by atoms with van der Waals surface area (Å²) in [6.07, 6.45) is 1.46. The molecule has 0 aliphatic rings. The number of carbonyl (C=O) groups is 1. The number of amides is 1. The monoisotopic (exact) mass is 344 g/mol. The zero-order valence-corrected chi connectivity index (χ0v) is 14.1. The van der Waals surface area contributed by atoms with Crippen LogP contribution in [0.2, 0.25) is 0 Å². The van der Waals surface area contributed by atoms with E-state index in [1.807, 2.05) is 19.1 Å². The summed E-state index contributed by atoms with van der Waals surface area (Å²) in [7, 11) is 1.56. The van der Waals surface area contributed by atoms with E-state index >= 15 is 0 Å². The smallest absolute Gasteiger partial charge is 0.234 e. The number of para-hydroxylation sites is 2. The molecule has 3 rings (SSSR count). The Hall–Kier alpha value is -2.68. The number of ether oxygens (including phenoxy) is 1. The standard InChI is InChI=1S/C15H16N6O2S/c1-3-21-14-13(19-20-21)15(17-9-16-14)24-8-12(22)18-10-6-4-5-7-11(10)23-2/h4-7,9H,3,8H2,1-2H3,(H,18,22). The minimum atomic E-state index is -0.154. The van der Waals surface area contributed by atoms with E-state index in [1.54, 1.807) is 23.9 Å². The van der Waals surface area contributed by atoms with Crippen LogP contribution in [0.25, 0.3) is 11.2 Å². The molecule has 0 unspecified atom stereocenters. The quantitative estimate of drug-likeness (QED) is 0.539. The maximum atomic E-state index is 12.2. The molecule has 124 valence electrons. The van der Waals surface area contributed by atoms with Gasteiger partial charge in [-0.15, -0.1) is 5.10 Å². The number of hydrogen-bond acceptors (Lipinski definition) is 7. The number of nitrogens with one attached hydrogen (secondary N) is 1. The fourth-order valence-corrected chi connectivity index (χ4v) is 2.89. The third kappa shape index (κ3) is 3.30. The molecule has 2 aromatic heterocycles. The molecule has 24 heavy (non-hydrogen) atoms. The van der Waals surface area contributed by atoms with Crippen LogP contribution >= 0.6 is 11.8 Å². The molecule has 3 aromatic rings. The fraction of sp³-hybridized carbons (Fsp3) is 0.267. The van der Waals surface area contributed by atoms with Crippen molar-refractivity contribution in [1.29, 1.82) is 0 Å². The van der Waals surface area contributed by atoms with Crippen LogP contribution in [-0.2, 0) is 11.3 Å². The SMILES string of the molecule is CCn1nnc2c(SCC(=O)Nc3ccccc3OC)ncnc21. The molecule has 0 spiro atoms. The van der Waals surface area contributed by atoms with Crippen molar-refractivity contribution >= 4 is 34.5 Å². The van der Waals surface area contributed by atoms with Gasteiger partial charge in [-0.1, -0.05) is 29.1 Å². The third-order valence-electron chi connectivity index (χ3n) is 3.29. The molecule has 8 nitrogen and oxygen atoms in total. The number of methoxy groups -OCH3 is 1. The number of nitrogens with zero attached hydrogens (tertiary/aromatic N) is 5. The van der Waals surface area contributed by atoms with Crippen LogP contribution in [0.15, 0.2) is 35.6 Å². The lowest BCUT2D eigenvalue weighted by Gasteiger charge is -2.09. The van der Waals surface area contributed by atoms with Gasteiger partial charge < -0.3 is 10.1 Å². The van der Waals surface area contributed by atoms with E-state index in [9.17, 15) is 4.79 Å². The molecule has 0 bridgehead atoms. The van der Waals surface area contributed by atoms with Gasteiger partial charge in [-0.05, 0) is 19.1 Å². The van der Waals surface area contributed by atoms with E-state index in [0.29, 0.717) is 34.2 Å². The molecule has 1 amide bonds. The summed E-state index contributed by atoms with van der Waals surface area (Å²) in [6, 6.07) is 7.26. The molecule has 0 fully saturated rings. The van der Waals surface area contributed by atoms with E-state index in [0.717, 1.165) is 0 Å². The van der Waals surface area contributed by atoms with Crippen LogP contribution in [0.3, 0.4) is 0 Å². The van der Waals surface area contributed by atoms with Crippen molar-refractivity contribution in [3.8, 4) is 5.75 Å². The second-order valence-electron chi connectivity index (χ2n) is 4.79. The number of fused-ring (bicyclic) bond motifs is 1. The summed E-state index contributed by atoms with van der Waals surface area (Å²) >= 11 is 1.29. The fourth-order valence-electron chi connectivity index (χ4n) is 2.16. The predicted octanol–water partition coefficient (Wildman–Crippen LogP) is 1.98. The summed E-state index contributed by atoms with van der Waals surface area (Å²) in [4.78, 5) is 20.6. The van der Waals surface area contributed by atoms with Crippen LogP contribution in [0.4, 0.5) is 5.69 Å². The molecule has 9 heteroatoms. The first-order valence-corrected chi connectivity index (χ1v) is 8.31. The second kappa shape index (κ2) is 7.26. The average molecular weight is 344 g/mol. The van der Waals surface area contributed by atoms with Gasteiger partial charge in [0.25, 0.3) is 0 Å². The van der Waals surface area contributed by atoms with Gasteiger partial charge in [0.15, 0.2) is 11.2 Å². The molecule has 1 aromatic carbocycles. The van der Waals surface area contributed by atoms with Crippen molar-refractivity contribution in [2.24, 2.45) is 0 Å². The first-order valence-electron chi connectivity index (χ1n) is 7.32. The van der Waals surface area contributed by atoms with Gasteiger partial charge in [0.2, 0.25) is 5.91 Å². The summed E-state index contributed by atoms with van der Waals surface area (Å²) in [5.74, 6) is 0.661. The van der Waals surface area contributed by atoms with Gasteiger partial charge in [0.05, 0.1) is 18.6 Å². The highest BCUT2D eigenvalue weighted by Gasteiger charge is 2.13. The Bertz CT molecular complexity index is 866. The maximum absolute atomic E-state index is 12.2. The van der Waals surface area contributed by atoms with Crippen molar-refractivity contribution in [1.82, 2.24) is 25.0 Å². The first-order chi connectivity index (χ1) is 11.7. The number of hydrogen-bond donors (Lipinski definition) is 1. The average Bonchev–Trinajstić information content (AvgIpc) is 3.04. The van der Waals surface area contributed by atoms with E-state index in [2.05, 4.69) is 25.6 Å². The molecule has 0 saturated carbocycles. The Morgan fingerprint density at radius 3 is 2.96 bits per heavy atom. The summed E-state index contributed by atoms with van der Waals surface area (Å²) in [6.45, 7) is 2.63. The Kier molecular flexibility index (Phi) is 4.90. The highest BCUT2D eigenvalue weighted by molar-refractivity contribution is 8.00. The number of benzene rings is 1. The zero-order chi connectivity index (χ0) is 16.9. The molecular weight excluding hydrogens is 328 g/mol. The molecule has 0 aliphatic heterocycles. The number of aryl methyl sites for hydroxylation is 1. The van der Waals surface area contributed by atoms with E-state index < -0.39 is 0 Å². The van der Waals surface area contributed by atoms with E-state index in [-0.39, 0.29) is 11.7 Å². The Morgan fingerprint density at radius 1 is 1.33 bits per heavy atom. The van der Waals surface area contributed by atoms with Crippen LogP contribution in [0, 0.1) is 0 Å². The third-order valence-corrected chi connectivity index (χ3v) is 4.27. The van der Waals surface area contributed by atoms with Crippen LogP contribution in [-0.4, -0.2) is 43.7 Å². The first kappa shape index (κ1) is 16.2. The summed E-state index contributed by atoms with van der Waals surface area (Å²) < 4.78 is 6.91. The molecule has 0 aliphatic carbocycles. The number of rotatable bonds is 6. The van der Waals surface area contributed by atoms with E-state index in [1.165, 1.54) is 18.1 Å². The number of carbonyl (C=O) groups excluding carboxylic acids is 1. The van der Waals surface area contributed by atoms with Gasteiger partial charge in [-0.2, -0.15) is 0 Å². The maximum Gasteiger partial charge on any atom is 0.234 e. The predicted molar refractivity (Wildman–Crippen MR) is 91.1 cm³/mol. The van der Waals surface area contributed by atoms with Gasteiger partial charge in [0, 0.05) is 6.54 Å². The lowest BCUT2D eigenvalue weighted by molar-refractivity contribution is -0.113. The van der Waals surface area contributed by atoms with Gasteiger partial charge in [0.1, 0.15) is 17.1 Å². The summed E-state index contributed by atoms with van der Waals surface area (Å²) in [5.41, 5.74) is 1.91. The molecule has 0 atom stereocenters. The molecule has 1 N–H and O–H groups in total. The second-order valence-corrected chi connectivity index (χ2v) is 5.76. The van der Waals surface area contributed by atoms with Crippen molar-refractivity contribution in [3.63, 3.8) is 0 Å². The lowest BCUT2D eigenvalue weighted by atomic mass is 10.3. The van der Waals surface area contributed by atoms with Crippen molar-refractivity contribution in [2.75, 3.05) is 18.2 Å². The van der Waals surface area contributed by atoms with Gasteiger partial charge in [-0.25, -0.2) is 14.6 Å². The number of anilines is 1.